The van der Waals surface area contributed by atoms with E-state index >= 15 is 0 Å². The molecule has 1 radical (unpaired) electrons. The summed E-state index contributed by atoms with van der Waals surface area (Å²) < 4.78 is 0. The highest BCUT2D eigenvalue weighted by Gasteiger charge is 2.13. The minimum absolute atomic E-state index is 0.343. The first-order valence-electron chi connectivity index (χ1n) is 3.22. The van der Waals surface area contributed by atoms with Crippen LogP contribution in [0.4, 0.5) is 0 Å². The average Bonchev–Trinajstić information content (AvgIpc) is 1.89. The molecular formula is C6H10BO3. The molecule has 4 heteroatoms. The molecule has 0 saturated heterocycles. The second-order valence-electron chi connectivity index (χ2n) is 2.05. The van der Waals surface area contributed by atoms with Crippen molar-refractivity contribution in [3.63, 3.8) is 0 Å². The third-order valence-electron chi connectivity index (χ3n) is 1.36. The Labute approximate surface area is 60.7 Å². The van der Waals surface area contributed by atoms with Gasteiger partial charge in [0.05, 0.1) is 6.19 Å². The minimum Gasteiger partial charge on any atom is -0.481 e. The van der Waals surface area contributed by atoms with Crippen LogP contribution in [0.5, 0.6) is 0 Å². The van der Waals surface area contributed by atoms with Gasteiger partial charge in [0, 0.05) is 5.92 Å². The molecule has 0 aliphatic carbocycles. The highest BCUT2D eigenvalue weighted by atomic mass is 16.4. The first-order chi connectivity index (χ1) is 4.72. The molecule has 55 valence electrons. The molecule has 10 heavy (non-hydrogen) atoms. The number of hydrogen-bond acceptors (Lipinski definition) is 2. The number of carbonyl (C=O) groups excluding carboxylic acids is 1. The monoisotopic (exact) mass is 141 g/mol. The maximum Gasteiger partial charge on any atom is 0.305 e. The molecule has 0 aromatic heterocycles. The number of carbonyl (C=O) groups is 2. The fourth-order valence-electron chi connectivity index (χ4n) is 0.662. The van der Waals surface area contributed by atoms with Crippen molar-refractivity contribution in [3.05, 3.63) is 0 Å². The van der Waals surface area contributed by atoms with Crippen LogP contribution >= 0.6 is 0 Å². The van der Waals surface area contributed by atoms with Crippen LogP contribution in [0, 0.1) is 5.92 Å². The topological polar surface area (TPSA) is 54.4 Å². The van der Waals surface area contributed by atoms with Crippen molar-refractivity contribution in [1.82, 2.24) is 0 Å². The van der Waals surface area contributed by atoms with Crippen molar-refractivity contribution in [1.29, 1.82) is 0 Å². The van der Waals surface area contributed by atoms with E-state index in [1.807, 2.05) is 0 Å². The highest BCUT2D eigenvalue weighted by molar-refractivity contribution is 6.66. The van der Waals surface area contributed by atoms with Crippen molar-refractivity contribution in [2.24, 2.45) is 5.92 Å². The predicted molar refractivity (Wildman–Crippen MR) is 38.7 cm³/mol. The zero-order chi connectivity index (χ0) is 7.98. The third-order valence-corrected chi connectivity index (χ3v) is 1.36. The van der Waals surface area contributed by atoms with E-state index in [1.54, 1.807) is 6.92 Å². The molecule has 0 fully saturated rings. The smallest absolute Gasteiger partial charge is 0.305 e. The lowest BCUT2D eigenvalue weighted by Gasteiger charge is -2.04. The molecule has 0 rings (SSSR count). The van der Waals surface area contributed by atoms with Crippen LogP contribution in [0.25, 0.3) is 0 Å². The Hall–Kier alpha value is -0.795. The van der Waals surface area contributed by atoms with Crippen LogP contribution in [0.2, 0.25) is 6.32 Å². The van der Waals surface area contributed by atoms with Crippen LogP contribution in [0.15, 0.2) is 0 Å². The molecule has 0 heterocycles. The fourth-order valence-corrected chi connectivity index (χ4v) is 0.662. The first kappa shape index (κ1) is 9.20. The summed E-state index contributed by atoms with van der Waals surface area (Å²) in [6, 6.07) is 0. The van der Waals surface area contributed by atoms with Gasteiger partial charge in [0.1, 0.15) is 0 Å². The molecule has 0 aliphatic rings. The second-order valence-corrected chi connectivity index (χ2v) is 2.05. The number of carboxylic acid groups (broad SMARTS) is 1. The van der Waals surface area contributed by atoms with Crippen molar-refractivity contribution < 1.29 is 14.7 Å². The van der Waals surface area contributed by atoms with Gasteiger partial charge in [-0.05, 0) is 6.42 Å². The van der Waals surface area contributed by atoms with Gasteiger partial charge in [0.15, 0.2) is 7.28 Å². The van der Waals surface area contributed by atoms with E-state index < -0.39 is 11.9 Å². The Morgan fingerprint density at radius 3 is 2.70 bits per heavy atom. The molecule has 0 aliphatic heterocycles. The Bertz CT molecular complexity index is 124. The molecule has 0 aromatic rings. The lowest BCUT2D eigenvalue weighted by Crippen LogP contribution is -2.14. The van der Waals surface area contributed by atoms with Crippen LogP contribution in [0.1, 0.15) is 13.3 Å². The van der Waals surface area contributed by atoms with Gasteiger partial charge in [0.2, 0.25) is 0 Å². The summed E-state index contributed by atoms with van der Waals surface area (Å²) in [4.78, 5) is 20.1. The average molecular weight is 141 g/mol. The normalized spacial score (nSPS) is 12.1. The van der Waals surface area contributed by atoms with Gasteiger partial charge in [0.25, 0.3) is 0 Å². The van der Waals surface area contributed by atoms with Gasteiger partial charge in [-0.2, -0.15) is 0 Å². The summed E-state index contributed by atoms with van der Waals surface area (Å²) >= 11 is 0. The number of aliphatic carboxylic acids is 1. The molecule has 3 nitrogen and oxygen atoms in total. The Morgan fingerprint density at radius 2 is 2.40 bits per heavy atom. The van der Waals surface area contributed by atoms with Gasteiger partial charge in [-0.15, -0.1) is 0 Å². The lowest BCUT2D eigenvalue weighted by atomic mass is 9.71. The van der Waals surface area contributed by atoms with E-state index in [9.17, 15) is 9.59 Å². The number of rotatable bonds is 5. The molecule has 0 unspecified atom stereocenters. The summed E-state index contributed by atoms with van der Waals surface area (Å²) in [5.74, 6) is -1.23. The minimum atomic E-state index is -0.833. The van der Waals surface area contributed by atoms with Gasteiger partial charge in [-0.3, -0.25) is 4.79 Å². The van der Waals surface area contributed by atoms with E-state index in [2.05, 4.69) is 0 Å². The molecular weight excluding hydrogens is 131 g/mol. The van der Waals surface area contributed by atoms with E-state index in [1.165, 1.54) is 7.28 Å². The van der Waals surface area contributed by atoms with Gasteiger partial charge >= 0.3 is 5.97 Å². The Balaban J connectivity index is 3.60. The second kappa shape index (κ2) is 5.03. The van der Waals surface area contributed by atoms with E-state index in [0.29, 0.717) is 18.9 Å². The van der Waals surface area contributed by atoms with Gasteiger partial charge in [-0.25, -0.2) is 0 Å². The Morgan fingerprint density at radius 1 is 1.80 bits per heavy atom. The summed E-state index contributed by atoms with van der Waals surface area (Å²) in [6.45, 7) is 1.79. The highest BCUT2D eigenvalue weighted by Crippen LogP contribution is 2.06. The molecule has 0 aromatic carbocycles. The molecule has 0 bridgehead atoms. The summed E-state index contributed by atoms with van der Waals surface area (Å²) in [6.07, 6.45) is 1.54. The van der Waals surface area contributed by atoms with Crippen LogP contribution in [0.3, 0.4) is 0 Å². The zero-order valence-electron chi connectivity index (χ0n) is 5.91. The maximum absolute atomic E-state index is 10.3. The van der Waals surface area contributed by atoms with E-state index in [4.69, 9.17) is 5.11 Å². The van der Waals surface area contributed by atoms with Crippen molar-refractivity contribution in [2.75, 3.05) is 0 Å². The molecule has 1 atom stereocenters. The molecule has 1 N–H and O–H groups in total. The molecule has 0 amide bonds. The summed E-state index contributed by atoms with van der Waals surface area (Å²) in [5.41, 5.74) is 0. The van der Waals surface area contributed by atoms with Gasteiger partial charge in [-0.1, -0.05) is 13.2 Å². The SMILES string of the molecule is CC[C@H](C[B]C=O)C(=O)O. The quantitative estimate of drug-likeness (QED) is 0.445. The molecule has 0 saturated carbocycles. The van der Waals surface area contributed by atoms with Crippen LogP contribution in [-0.4, -0.2) is 24.5 Å². The standard InChI is InChI=1S/C6H10BO3/c1-2-5(6(9)10)3-7-4-8/h4-5H,2-3H2,1H3,(H,9,10)/t5-/m1/s1. The van der Waals surface area contributed by atoms with Crippen LogP contribution < -0.4 is 0 Å². The van der Waals surface area contributed by atoms with Crippen LogP contribution in [-0.2, 0) is 9.59 Å². The third kappa shape index (κ3) is 3.27. The van der Waals surface area contributed by atoms with Gasteiger partial charge < -0.3 is 9.90 Å². The number of hydrogen-bond donors (Lipinski definition) is 1. The van der Waals surface area contributed by atoms with Crippen molar-refractivity contribution in [2.45, 2.75) is 19.7 Å². The number of carboxylic acids is 1. The first-order valence-corrected chi connectivity index (χ1v) is 3.22. The lowest BCUT2D eigenvalue weighted by molar-refractivity contribution is -0.141. The summed E-state index contributed by atoms with van der Waals surface area (Å²) in [7, 11) is 1.34. The fraction of sp³-hybridized carbons (Fsp3) is 0.667. The van der Waals surface area contributed by atoms with E-state index in [-0.39, 0.29) is 0 Å². The summed E-state index contributed by atoms with van der Waals surface area (Å²) in [5, 5.41) is 8.46. The predicted octanol–water partition coefficient (Wildman–Crippen LogP) is 0.410. The maximum atomic E-state index is 10.3. The Kier molecular flexibility index (Phi) is 4.63. The van der Waals surface area contributed by atoms with E-state index in [0.717, 1.165) is 0 Å². The zero-order valence-corrected chi connectivity index (χ0v) is 5.91. The van der Waals surface area contributed by atoms with Crippen molar-refractivity contribution >= 4 is 19.4 Å². The largest absolute Gasteiger partial charge is 0.481 e. The molecule has 0 spiro atoms. The van der Waals surface area contributed by atoms with Crippen molar-refractivity contribution in [3.8, 4) is 0 Å².